The molecule has 1 N–H and O–H groups in total. The Kier molecular flexibility index (Phi) is 2.49. The molecule has 1 saturated heterocycles. The van der Waals surface area contributed by atoms with Crippen LogP contribution in [0.4, 0.5) is 0 Å². The van der Waals surface area contributed by atoms with Crippen LogP contribution in [0, 0.1) is 6.92 Å². The molecule has 1 aromatic heterocycles. The highest BCUT2D eigenvalue weighted by Crippen LogP contribution is 2.32. The first-order chi connectivity index (χ1) is 7.41. The minimum Gasteiger partial charge on any atom is -0.477 e. The van der Waals surface area contributed by atoms with Crippen molar-refractivity contribution in [3.05, 3.63) is 17.0 Å². The summed E-state index contributed by atoms with van der Waals surface area (Å²) >= 11 is 0. The van der Waals surface area contributed by atoms with E-state index in [1.807, 2.05) is 0 Å². The molecule has 2 rings (SSSR count). The van der Waals surface area contributed by atoms with Crippen molar-refractivity contribution >= 4 is 15.8 Å². The second kappa shape index (κ2) is 3.58. The highest BCUT2D eigenvalue weighted by molar-refractivity contribution is 7.91. The molecule has 0 aliphatic carbocycles. The first-order valence-corrected chi connectivity index (χ1v) is 6.63. The maximum atomic E-state index is 11.3. The van der Waals surface area contributed by atoms with Crippen molar-refractivity contribution in [1.82, 2.24) is 5.16 Å². The number of hydrogen-bond donors (Lipinski definition) is 1. The third-order valence-electron chi connectivity index (χ3n) is 2.71. The summed E-state index contributed by atoms with van der Waals surface area (Å²) in [7, 11) is -3.06. The molecule has 1 atom stereocenters. The van der Waals surface area contributed by atoms with Gasteiger partial charge in [-0.05, 0) is 13.3 Å². The van der Waals surface area contributed by atoms with E-state index in [9.17, 15) is 13.2 Å². The molecule has 2 heterocycles. The van der Waals surface area contributed by atoms with E-state index in [-0.39, 0.29) is 34.4 Å². The molecule has 1 aliphatic rings. The first-order valence-electron chi connectivity index (χ1n) is 4.80. The van der Waals surface area contributed by atoms with Crippen LogP contribution in [0.2, 0.25) is 0 Å². The first kappa shape index (κ1) is 11.1. The van der Waals surface area contributed by atoms with Gasteiger partial charge in [-0.1, -0.05) is 5.16 Å². The molecule has 0 bridgehead atoms. The van der Waals surface area contributed by atoms with E-state index >= 15 is 0 Å². The topological polar surface area (TPSA) is 97.5 Å². The Labute approximate surface area is 92.2 Å². The fraction of sp³-hybridized carbons (Fsp3) is 0.556. The van der Waals surface area contributed by atoms with Crippen molar-refractivity contribution in [3.8, 4) is 0 Å². The number of aromatic nitrogens is 1. The predicted molar refractivity (Wildman–Crippen MR) is 54.2 cm³/mol. The largest absolute Gasteiger partial charge is 0.477 e. The van der Waals surface area contributed by atoms with Gasteiger partial charge < -0.3 is 9.63 Å². The summed E-state index contributed by atoms with van der Waals surface area (Å²) in [5, 5.41) is 12.6. The Hall–Kier alpha value is -1.37. The molecule has 1 aromatic rings. The molecular weight excluding hydrogens is 234 g/mol. The maximum Gasteiger partial charge on any atom is 0.341 e. The number of hydrogen-bond acceptors (Lipinski definition) is 5. The van der Waals surface area contributed by atoms with Gasteiger partial charge in [0.05, 0.1) is 17.2 Å². The number of nitrogens with zero attached hydrogens (tertiary/aromatic N) is 1. The Morgan fingerprint density at radius 2 is 2.25 bits per heavy atom. The van der Waals surface area contributed by atoms with E-state index in [0.29, 0.717) is 6.42 Å². The van der Waals surface area contributed by atoms with Gasteiger partial charge in [-0.15, -0.1) is 0 Å². The normalized spacial score (nSPS) is 23.4. The van der Waals surface area contributed by atoms with Gasteiger partial charge in [-0.25, -0.2) is 13.2 Å². The van der Waals surface area contributed by atoms with Crippen molar-refractivity contribution in [3.63, 3.8) is 0 Å². The van der Waals surface area contributed by atoms with E-state index in [1.54, 1.807) is 0 Å². The van der Waals surface area contributed by atoms with E-state index in [2.05, 4.69) is 5.16 Å². The lowest BCUT2D eigenvalue weighted by Crippen LogP contribution is -2.08. The lowest BCUT2D eigenvalue weighted by molar-refractivity contribution is 0.0693. The number of sulfone groups is 1. The summed E-state index contributed by atoms with van der Waals surface area (Å²) in [6, 6.07) is 0. The summed E-state index contributed by atoms with van der Waals surface area (Å²) in [5.41, 5.74) is 0.286. The van der Waals surface area contributed by atoms with Crippen LogP contribution >= 0.6 is 0 Å². The van der Waals surface area contributed by atoms with Crippen LogP contribution in [-0.4, -0.2) is 36.2 Å². The molecule has 0 aromatic carbocycles. The van der Waals surface area contributed by atoms with Crippen LogP contribution in [-0.2, 0) is 9.84 Å². The Balaban J connectivity index is 2.39. The van der Waals surface area contributed by atoms with Crippen molar-refractivity contribution in [1.29, 1.82) is 0 Å². The molecule has 0 spiro atoms. The van der Waals surface area contributed by atoms with E-state index < -0.39 is 15.8 Å². The van der Waals surface area contributed by atoms with Gasteiger partial charge in [0, 0.05) is 5.92 Å². The SMILES string of the molecule is Cc1noc(C2CCS(=O)(=O)C2)c1C(=O)O. The fourth-order valence-corrected chi connectivity index (χ4v) is 3.67. The van der Waals surface area contributed by atoms with E-state index in [0.717, 1.165) is 0 Å². The Morgan fingerprint density at radius 3 is 2.75 bits per heavy atom. The standard InChI is InChI=1S/C9H11NO5S/c1-5-7(9(11)12)8(15-10-5)6-2-3-16(13,14)4-6/h6H,2-4H2,1H3,(H,11,12). The second-order valence-electron chi connectivity index (χ2n) is 3.91. The molecule has 0 amide bonds. The fourth-order valence-electron chi connectivity index (χ4n) is 1.93. The quantitative estimate of drug-likeness (QED) is 0.818. The van der Waals surface area contributed by atoms with E-state index in [4.69, 9.17) is 9.63 Å². The highest BCUT2D eigenvalue weighted by atomic mass is 32.2. The van der Waals surface area contributed by atoms with E-state index in [1.165, 1.54) is 6.92 Å². The van der Waals surface area contributed by atoms with Gasteiger partial charge >= 0.3 is 5.97 Å². The molecular formula is C9H11NO5S. The number of carboxylic acids is 1. The number of carboxylic acid groups (broad SMARTS) is 1. The van der Waals surface area contributed by atoms with Crippen molar-refractivity contribution < 1.29 is 22.8 Å². The maximum absolute atomic E-state index is 11.3. The van der Waals surface area contributed by atoms with Crippen LogP contribution in [0.15, 0.2) is 4.52 Å². The zero-order chi connectivity index (χ0) is 11.9. The summed E-state index contributed by atoms with van der Waals surface area (Å²) in [6.07, 6.45) is 0.400. The second-order valence-corrected chi connectivity index (χ2v) is 6.14. The van der Waals surface area contributed by atoms with Gasteiger partial charge in [0.15, 0.2) is 15.6 Å². The summed E-state index contributed by atoms with van der Waals surface area (Å²) < 4.78 is 27.5. The number of rotatable bonds is 2. The predicted octanol–water partition coefficient (Wildman–Crippen LogP) is 0.583. The number of carbonyl (C=O) groups is 1. The van der Waals surface area contributed by atoms with Crippen molar-refractivity contribution in [2.75, 3.05) is 11.5 Å². The number of aryl methyl sites for hydroxylation is 1. The minimum atomic E-state index is -3.06. The lowest BCUT2D eigenvalue weighted by atomic mass is 10.0. The average molecular weight is 245 g/mol. The Morgan fingerprint density at radius 1 is 1.56 bits per heavy atom. The van der Waals surface area contributed by atoms with Crippen molar-refractivity contribution in [2.24, 2.45) is 0 Å². The van der Waals surface area contributed by atoms with Crippen LogP contribution in [0.5, 0.6) is 0 Å². The molecule has 1 unspecified atom stereocenters. The summed E-state index contributed by atoms with van der Waals surface area (Å²) in [6.45, 7) is 1.53. The molecule has 88 valence electrons. The van der Waals surface area contributed by atoms with Gasteiger partial charge in [0.1, 0.15) is 5.56 Å². The molecule has 1 aliphatic heterocycles. The minimum absolute atomic E-state index is 0.00194. The van der Waals surface area contributed by atoms with Crippen LogP contribution < -0.4 is 0 Å². The van der Waals surface area contributed by atoms with Gasteiger partial charge in [0.2, 0.25) is 0 Å². The average Bonchev–Trinajstić information content (AvgIpc) is 2.68. The molecule has 16 heavy (non-hydrogen) atoms. The van der Waals surface area contributed by atoms with Crippen LogP contribution in [0.25, 0.3) is 0 Å². The van der Waals surface area contributed by atoms with Gasteiger partial charge in [-0.2, -0.15) is 0 Å². The third-order valence-corrected chi connectivity index (χ3v) is 4.47. The van der Waals surface area contributed by atoms with Gasteiger partial charge in [0.25, 0.3) is 0 Å². The molecule has 0 saturated carbocycles. The van der Waals surface area contributed by atoms with Crippen LogP contribution in [0.1, 0.15) is 34.2 Å². The molecule has 7 heteroatoms. The molecule has 1 fully saturated rings. The number of aromatic carboxylic acids is 1. The summed E-state index contributed by atoms with van der Waals surface area (Å²) in [4.78, 5) is 11.0. The van der Waals surface area contributed by atoms with Crippen LogP contribution in [0.3, 0.4) is 0 Å². The smallest absolute Gasteiger partial charge is 0.341 e. The third kappa shape index (κ3) is 1.82. The lowest BCUT2D eigenvalue weighted by Gasteiger charge is -2.03. The zero-order valence-electron chi connectivity index (χ0n) is 8.63. The zero-order valence-corrected chi connectivity index (χ0v) is 9.45. The molecule has 0 radical (unpaired) electrons. The highest BCUT2D eigenvalue weighted by Gasteiger charge is 2.35. The Bertz CT molecular complexity index is 530. The van der Waals surface area contributed by atoms with Crippen molar-refractivity contribution in [2.45, 2.75) is 19.3 Å². The monoisotopic (exact) mass is 245 g/mol. The molecule has 6 nitrogen and oxygen atoms in total. The van der Waals surface area contributed by atoms with Gasteiger partial charge in [-0.3, -0.25) is 0 Å². The summed E-state index contributed by atoms with van der Waals surface area (Å²) in [5.74, 6) is -1.29.